The molecule has 0 aliphatic carbocycles. The van der Waals surface area contributed by atoms with Gasteiger partial charge in [-0.1, -0.05) is 36.4 Å². The van der Waals surface area contributed by atoms with Crippen molar-refractivity contribution in [1.82, 2.24) is 0 Å². The second kappa shape index (κ2) is 7.32. The molecule has 0 aromatic heterocycles. The summed E-state index contributed by atoms with van der Waals surface area (Å²) in [4.78, 5) is 0. The van der Waals surface area contributed by atoms with E-state index in [0.717, 1.165) is 36.5 Å². The highest BCUT2D eigenvalue weighted by Crippen LogP contribution is 2.31. The Labute approximate surface area is 131 Å². The fourth-order valence-electron chi connectivity index (χ4n) is 2.60. The number of rotatable bonds is 6. The largest absolute Gasteiger partial charge is 0.489 e. The Morgan fingerprint density at radius 3 is 2.82 bits per heavy atom. The van der Waals surface area contributed by atoms with Crippen LogP contribution in [0.3, 0.4) is 0 Å². The number of aryl methyl sites for hydroxylation is 1. The van der Waals surface area contributed by atoms with Gasteiger partial charge >= 0.3 is 0 Å². The second-order valence-corrected chi connectivity index (χ2v) is 5.48. The Morgan fingerprint density at radius 1 is 1.14 bits per heavy atom. The zero-order chi connectivity index (χ0) is 15.2. The van der Waals surface area contributed by atoms with E-state index in [9.17, 15) is 0 Å². The Balaban J connectivity index is 1.63. The van der Waals surface area contributed by atoms with Crippen molar-refractivity contribution in [3.8, 4) is 11.5 Å². The summed E-state index contributed by atoms with van der Waals surface area (Å²) in [5.74, 6) is 1.78. The zero-order valence-electron chi connectivity index (χ0n) is 13.0. The Hall–Kier alpha value is -2.00. The predicted octanol–water partition coefficient (Wildman–Crippen LogP) is 4.00. The van der Waals surface area contributed by atoms with Crippen molar-refractivity contribution in [1.29, 1.82) is 0 Å². The van der Waals surface area contributed by atoms with Gasteiger partial charge in [-0.2, -0.15) is 0 Å². The lowest BCUT2D eigenvalue weighted by molar-refractivity contribution is 0.0456. The number of hydrogen-bond donors (Lipinski definition) is 0. The van der Waals surface area contributed by atoms with E-state index in [1.165, 1.54) is 5.56 Å². The van der Waals surface area contributed by atoms with Gasteiger partial charge in [0.15, 0.2) is 0 Å². The van der Waals surface area contributed by atoms with E-state index in [2.05, 4.69) is 18.2 Å². The molecule has 1 aliphatic heterocycles. The minimum atomic E-state index is 0.150. The summed E-state index contributed by atoms with van der Waals surface area (Å²) in [7, 11) is 0. The van der Waals surface area contributed by atoms with E-state index in [1.807, 2.05) is 37.3 Å². The molecule has 3 rings (SSSR count). The molecule has 1 heterocycles. The van der Waals surface area contributed by atoms with Crippen LogP contribution in [0.2, 0.25) is 0 Å². The van der Waals surface area contributed by atoms with E-state index >= 15 is 0 Å². The second-order valence-electron chi connectivity index (χ2n) is 5.48. The van der Waals surface area contributed by atoms with Crippen molar-refractivity contribution in [2.75, 3.05) is 13.2 Å². The van der Waals surface area contributed by atoms with Gasteiger partial charge in [0.05, 0.1) is 6.61 Å². The van der Waals surface area contributed by atoms with Gasteiger partial charge in [-0.05, 0) is 37.0 Å². The third-order valence-electron chi connectivity index (χ3n) is 3.82. The van der Waals surface area contributed by atoms with Gasteiger partial charge in [0, 0.05) is 12.7 Å². The average molecular weight is 298 g/mol. The van der Waals surface area contributed by atoms with Gasteiger partial charge < -0.3 is 14.2 Å². The first kappa shape index (κ1) is 14.9. The molecule has 1 atom stereocenters. The van der Waals surface area contributed by atoms with Crippen molar-refractivity contribution in [2.24, 2.45) is 0 Å². The molecule has 22 heavy (non-hydrogen) atoms. The summed E-state index contributed by atoms with van der Waals surface area (Å²) in [5, 5.41) is 0. The number of hydrogen-bond acceptors (Lipinski definition) is 3. The van der Waals surface area contributed by atoms with Crippen LogP contribution >= 0.6 is 0 Å². The van der Waals surface area contributed by atoms with E-state index in [0.29, 0.717) is 13.2 Å². The molecular formula is C19H22O3. The van der Waals surface area contributed by atoms with E-state index in [-0.39, 0.29) is 6.10 Å². The topological polar surface area (TPSA) is 27.7 Å². The van der Waals surface area contributed by atoms with Crippen molar-refractivity contribution in [2.45, 2.75) is 32.5 Å². The summed E-state index contributed by atoms with van der Waals surface area (Å²) in [6, 6.07) is 16.3. The van der Waals surface area contributed by atoms with Crippen LogP contribution in [-0.4, -0.2) is 19.3 Å². The van der Waals surface area contributed by atoms with E-state index in [4.69, 9.17) is 14.2 Å². The molecule has 0 radical (unpaired) electrons. The molecule has 0 saturated heterocycles. The first-order valence-electron chi connectivity index (χ1n) is 7.89. The molecule has 0 spiro atoms. The standard InChI is InChI=1S/C19H22O3/c1-2-20-14-18-11-9-16-8-10-17(12-19(16)22-18)21-13-15-6-4-3-5-7-15/h3-8,10,12,18H,2,9,11,13-14H2,1H3/t18-/m1/s1. The normalized spacial score (nSPS) is 16.7. The van der Waals surface area contributed by atoms with Crippen molar-refractivity contribution >= 4 is 0 Å². The first-order valence-corrected chi connectivity index (χ1v) is 7.89. The highest BCUT2D eigenvalue weighted by Gasteiger charge is 2.20. The minimum absolute atomic E-state index is 0.150. The van der Waals surface area contributed by atoms with Crippen LogP contribution in [0.5, 0.6) is 11.5 Å². The Morgan fingerprint density at radius 2 is 2.00 bits per heavy atom. The van der Waals surface area contributed by atoms with Crippen LogP contribution < -0.4 is 9.47 Å². The van der Waals surface area contributed by atoms with Gasteiger partial charge in [-0.3, -0.25) is 0 Å². The Bertz CT molecular complexity index is 595. The highest BCUT2D eigenvalue weighted by atomic mass is 16.5. The SMILES string of the molecule is CCOC[C@H]1CCc2ccc(OCc3ccccc3)cc2O1. The van der Waals surface area contributed by atoms with Gasteiger partial charge in [0.2, 0.25) is 0 Å². The fourth-order valence-corrected chi connectivity index (χ4v) is 2.60. The molecule has 0 saturated carbocycles. The number of fused-ring (bicyclic) bond motifs is 1. The van der Waals surface area contributed by atoms with Crippen molar-refractivity contribution < 1.29 is 14.2 Å². The lowest BCUT2D eigenvalue weighted by Crippen LogP contribution is -2.27. The summed E-state index contributed by atoms with van der Waals surface area (Å²) >= 11 is 0. The Kier molecular flexibility index (Phi) is 4.96. The molecule has 0 bridgehead atoms. The maximum atomic E-state index is 6.02. The van der Waals surface area contributed by atoms with Crippen LogP contribution in [0.25, 0.3) is 0 Å². The molecule has 1 aliphatic rings. The molecular weight excluding hydrogens is 276 g/mol. The van der Waals surface area contributed by atoms with Gasteiger partial charge in [0.1, 0.15) is 24.2 Å². The first-order chi connectivity index (χ1) is 10.8. The molecule has 3 nitrogen and oxygen atoms in total. The smallest absolute Gasteiger partial charge is 0.126 e. The summed E-state index contributed by atoms with van der Waals surface area (Å²) < 4.78 is 17.4. The lowest BCUT2D eigenvalue weighted by atomic mass is 10.0. The van der Waals surface area contributed by atoms with Gasteiger partial charge in [0.25, 0.3) is 0 Å². The maximum absolute atomic E-state index is 6.02. The average Bonchev–Trinajstić information content (AvgIpc) is 2.58. The summed E-state index contributed by atoms with van der Waals surface area (Å²) in [5.41, 5.74) is 2.41. The zero-order valence-corrected chi connectivity index (χ0v) is 13.0. The lowest BCUT2D eigenvalue weighted by Gasteiger charge is -2.26. The number of benzene rings is 2. The number of ether oxygens (including phenoxy) is 3. The van der Waals surface area contributed by atoms with Crippen LogP contribution in [0, 0.1) is 0 Å². The summed E-state index contributed by atoms with van der Waals surface area (Å²) in [6.07, 6.45) is 2.19. The van der Waals surface area contributed by atoms with Crippen LogP contribution in [-0.2, 0) is 17.8 Å². The summed E-state index contributed by atoms with van der Waals surface area (Å²) in [6.45, 7) is 3.96. The molecule has 2 aromatic carbocycles. The monoisotopic (exact) mass is 298 g/mol. The molecule has 0 fully saturated rings. The van der Waals surface area contributed by atoms with Gasteiger partial charge in [-0.25, -0.2) is 0 Å². The van der Waals surface area contributed by atoms with Crippen molar-refractivity contribution in [3.63, 3.8) is 0 Å². The third kappa shape index (κ3) is 3.80. The van der Waals surface area contributed by atoms with Gasteiger partial charge in [-0.15, -0.1) is 0 Å². The van der Waals surface area contributed by atoms with E-state index < -0.39 is 0 Å². The fraction of sp³-hybridized carbons (Fsp3) is 0.368. The maximum Gasteiger partial charge on any atom is 0.126 e. The van der Waals surface area contributed by atoms with Crippen LogP contribution in [0.4, 0.5) is 0 Å². The predicted molar refractivity (Wildman–Crippen MR) is 86.4 cm³/mol. The molecule has 0 amide bonds. The third-order valence-corrected chi connectivity index (χ3v) is 3.82. The quantitative estimate of drug-likeness (QED) is 0.807. The molecule has 0 N–H and O–H groups in total. The molecule has 2 aromatic rings. The molecule has 0 unspecified atom stereocenters. The van der Waals surface area contributed by atoms with Crippen LogP contribution in [0.15, 0.2) is 48.5 Å². The van der Waals surface area contributed by atoms with Crippen LogP contribution in [0.1, 0.15) is 24.5 Å². The molecule has 116 valence electrons. The molecule has 3 heteroatoms. The van der Waals surface area contributed by atoms with Crippen molar-refractivity contribution in [3.05, 3.63) is 59.7 Å². The highest BCUT2D eigenvalue weighted by molar-refractivity contribution is 5.42. The van der Waals surface area contributed by atoms with E-state index in [1.54, 1.807) is 0 Å². The minimum Gasteiger partial charge on any atom is -0.489 e.